The molecule has 2 aromatic rings. The summed E-state index contributed by atoms with van der Waals surface area (Å²) in [5.74, 6) is 2.50. The van der Waals surface area contributed by atoms with Crippen molar-refractivity contribution in [2.45, 2.75) is 25.8 Å². The summed E-state index contributed by atoms with van der Waals surface area (Å²) in [5, 5.41) is 4.00. The molecule has 0 saturated heterocycles. The minimum Gasteiger partial charge on any atom is -0.493 e. The van der Waals surface area contributed by atoms with Crippen molar-refractivity contribution in [3.63, 3.8) is 0 Å². The van der Waals surface area contributed by atoms with Gasteiger partial charge in [0.25, 0.3) is 0 Å². The van der Waals surface area contributed by atoms with E-state index in [9.17, 15) is 0 Å². The van der Waals surface area contributed by atoms with Gasteiger partial charge in [-0.3, -0.25) is 0 Å². The van der Waals surface area contributed by atoms with E-state index in [4.69, 9.17) is 24.5 Å². The predicted molar refractivity (Wildman–Crippen MR) is 81.5 cm³/mol. The Morgan fingerprint density at radius 3 is 2.09 bits per heavy atom. The van der Waals surface area contributed by atoms with Crippen molar-refractivity contribution in [1.82, 2.24) is 10.1 Å². The predicted octanol–water partition coefficient (Wildman–Crippen LogP) is 2.21. The van der Waals surface area contributed by atoms with Gasteiger partial charge in [0.1, 0.15) is 0 Å². The van der Waals surface area contributed by atoms with Crippen molar-refractivity contribution in [2.75, 3.05) is 21.3 Å². The SMILES string of the molecule is COc1cc(-c2noc(C(C)C(C)N)n2)cc(OC)c1OC. The van der Waals surface area contributed by atoms with Gasteiger partial charge in [-0.1, -0.05) is 12.1 Å². The van der Waals surface area contributed by atoms with Gasteiger partial charge in [0.05, 0.1) is 27.2 Å². The highest BCUT2D eigenvalue weighted by atomic mass is 16.5. The summed E-state index contributed by atoms with van der Waals surface area (Å²) in [6.07, 6.45) is 0. The van der Waals surface area contributed by atoms with Crippen LogP contribution in [-0.4, -0.2) is 37.5 Å². The molecule has 120 valence electrons. The van der Waals surface area contributed by atoms with E-state index in [1.54, 1.807) is 33.5 Å². The monoisotopic (exact) mass is 307 g/mol. The van der Waals surface area contributed by atoms with Crippen LogP contribution in [0.5, 0.6) is 17.2 Å². The number of hydrogen-bond acceptors (Lipinski definition) is 7. The zero-order valence-electron chi connectivity index (χ0n) is 13.4. The molecule has 0 aliphatic carbocycles. The first-order chi connectivity index (χ1) is 10.5. The number of hydrogen-bond donors (Lipinski definition) is 1. The van der Waals surface area contributed by atoms with Crippen LogP contribution < -0.4 is 19.9 Å². The molecule has 2 rings (SSSR count). The van der Waals surface area contributed by atoms with E-state index in [1.807, 2.05) is 13.8 Å². The summed E-state index contributed by atoms with van der Waals surface area (Å²) < 4.78 is 21.2. The molecule has 2 atom stereocenters. The Hall–Kier alpha value is -2.28. The van der Waals surface area contributed by atoms with Crippen LogP contribution in [-0.2, 0) is 0 Å². The Morgan fingerprint density at radius 2 is 1.64 bits per heavy atom. The largest absolute Gasteiger partial charge is 0.493 e. The molecule has 2 unspecified atom stereocenters. The van der Waals surface area contributed by atoms with Gasteiger partial charge in [-0.25, -0.2) is 0 Å². The first-order valence-electron chi connectivity index (χ1n) is 6.91. The van der Waals surface area contributed by atoms with Crippen molar-refractivity contribution in [3.8, 4) is 28.6 Å². The Kier molecular flexibility index (Phi) is 4.87. The first-order valence-corrected chi connectivity index (χ1v) is 6.91. The fraction of sp³-hybridized carbons (Fsp3) is 0.467. The molecular formula is C15H21N3O4. The third kappa shape index (κ3) is 2.99. The third-order valence-corrected chi connectivity index (χ3v) is 3.54. The number of methoxy groups -OCH3 is 3. The Bertz CT molecular complexity index is 614. The van der Waals surface area contributed by atoms with Gasteiger partial charge in [-0.05, 0) is 19.1 Å². The maximum atomic E-state index is 5.86. The molecule has 0 spiro atoms. The molecule has 0 saturated carbocycles. The molecule has 7 heteroatoms. The quantitative estimate of drug-likeness (QED) is 0.874. The molecule has 0 aliphatic heterocycles. The molecule has 7 nitrogen and oxygen atoms in total. The smallest absolute Gasteiger partial charge is 0.231 e. The minimum absolute atomic E-state index is 0.0247. The molecule has 2 N–H and O–H groups in total. The van der Waals surface area contributed by atoms with Crippen LogP contribution in [0.1, 0.15) is 25.7 Å². The van der Waals surface area contributed by atoms with Crippen LogP contribution in [0.25, 0.3) is 11.4 Å². The lowest BCUT2D eigenvalue weighted by atomic mass is 10.1. The van der Waals surface area contributed by atoms with E-state index in [2.05, 4.69) is 10.1 Å². The average molecular weight is 307 g/mol. The fourth-order valence-electron chi connectivity index (χ4n) is 1.97. The molecule has 0 bridgehead atoms. The minimum atomic E-state index is -0.0757. The van der Waals surface area contributed by atoms with Crippen LogP contribution in [0, 0.1) is 0 Å². The average Bonchev–Trinajstić information content (AvgIpc) is 3.02. The van der Waals surface area contributed by atoms with Crippen molar-refractivity contribution in [1.29, 1.82) is 0 Å². The maximum absolute atomic E-state index is 5.86. The zero-order chi connectivity index (χ0) is 16.3. The summed E-state index contributed by atoms with van der Waals surface area (Å²) in [4.78, 5) is 4.40. The standard InChI is InChI=1S/C15H21N3O4/c1-8(9(2)16)15-17-14(18-22-15)10-6-11(19-3)13(21-5)12(7-10)20-4/h6-9H,16H2,1-5H3. The van der Waals surface area contributed by atoms with Crippen LogP contribution >= 0.6 is 0 Å². The first kappa shape index (κ1) is 16.1. The van der Waals surface area contributed by atoms with E-state index in [0.717, 1.165) is 0 Å². The number of nitrogens with zero attached hydrogens (tertiary/aromatic N) is 2. The Balaban J connectivity index is 2.45. The van der Waals surface area contributed by atoms with Gasteiger partial charge in [0.15, 0.2) is 11.5 Å². The topological polar surface area (TPSA) is 92.6 Å². The lowest BCUT2D eigenvalue weighted by Gasteiger charge is -2.12. The summed E-state index contributed by atoms with van der Waals surface area (Å²) in [5.41, 5.74) is 6.57. The molecule has 0 aliphatic rings. The highest BCUT2D eigenvalue weighted by Crippen LogP contribution is 2.40. The van der Waals surface area contributed by atoms with Crippen molar-refractivity contribution < 1.29 is 18.7 Å². The molecule has 1 aromatic carbocycles. The van der Waals surface area contributed by atoms with Gasteiger partial charge in [-0.2, -0.15) is 4.98 Å². The highest BCUT2D eigenvalue weighted by molar-refractivity contribution is 5.66. The van der Waals surface area contributed by atoms with Crippen LogP contribution in [0.3, 0.4) is 0 Å². The lowest BCUT2D eigenvalue weighted by molar-refractivity contribution is 0.324. The number of nitrogens with two attached hydrogens (primary N) is 1. The van der Waals surface area contributed by atoms with Gasteiger partial charge in [-0.15, -0.1) is 0 Å². The lowest BCUT2D eigenvalue weighted by Crippen LogP contribution is -2.22. The number of rotatable bonds is 6. The molecule has 1 aromatic heterocycles. The van der Waals surface area contributed by atoms with Gasteiger partial charge >= 0.3 is 0 Å². The zero-order valence-corrected chi connectivity index (χ0v) is 13.4. The second kappa shape index (κ2) is 6.65. The molecule has 0 amide bonds. The number of ether oxygens (including phenoxy) is 3. The molecular weight excluding hydrogens is 286 g/mol. The highest BCUT2D eigenvalue weighted by Gasteiger charge is 2.21. The fourth-order valence-corrected chi connectivity index (χ4v) is 1.97. The molecule has 0 radical (unpaired) electrons. The maximum Gasteiger partial charge on any atom is 0.231 e. The summed E-state index contributed by atoms with van der Waals surface area (Å²) >= 11 is 0. The summed E-state index contributed by atoms with van der Waals surface area (Å²) in [6.45, 7) is 3.84. The van der Waals surface area contributed by atoms with E-state index >= 15 is 0 Å². The summed E-state index contributed by atoms with van der Waals surface area (Å²) in [6, 6.07) is 3.47. The molecule has 0 fully saturated rings. The normalized spacial score (nSPS) is 13.5. The van der Waals surface area contributed by atoms with Gasteiger partial charge in [0.2, 0.25) is 17.5 Å². The Morgan fingerprint density at radius 1 is 1.05 bits per heavy atom. The van der Waals surface area contributed by atoms with Gasteiger partial charge < -0.3 is 24.5 Å². The molecule has 22 heavy (non-hydrogen) atoms. The second-order valence-corrected chi connectivity index (χ2v) is 5.02. The van der Waals surface area contributed by atoms with E-state index in [0.29, 0.717) is 34.5 Å². The molecule has 1 heterocycles. The van der Waals surface area contributed by atoms with Gasteiger partial charge in [0, 0.05) is 11.6 Å². The van der Waals surface area contributed by atoms with Crippen molar-refractivity contribution in [2.24, 2.45) is 5.73 Å². The third-order valence-electron chi connectivity index (χ3n) is 3.54. The Labute approximate surface area is 129 Å². The van der Waals surface area contributed by atoms with Crippen molar-refractivity contribution >= 4 is 0 Å². The second-order valence-electron chi connectivity index (χ2n) is 5.02. The van der Waals surface area contributed by atoms with Crippen LogP contribution in [0.4, 0.5) is 0 Å². The van der Waals surface area contributed by atoms with Crippen LogP contribution in [0.2, 0.25) is 0 Å². The summed E-state index contributed by atoms with van der Waals surface area (Å²) in [7, 11) is 4.67. The number of aromatic nitrogens is 2. The van der Waals surface area contributed by atoms with Crippen molar-refractivity contribution in [3.05, 3.63) is 18.0 Å². The van der Waals surface area contributed by atoms with E-state index in [1.165, 1.54) is 0 Å². The number of benzene rings is 1. The van der Waals surface area contributed by atoms with E-state index in [-0.39, 0.29) is 12.0 Å². The van der Waals surface area contributed by atoms with Crippen LogP contribution in [0.15, 0.2) is 16.7 Å². The van der Waals surface area contributed by atoms with E-state index < -0.39 is 0 Å².